The lowest BCUT2D eigenvalue weighted by Gasteiger charge is -2.10. The SMILES string of the molecule is COc1cc(C(=O)Nc2ccc(F)cc2Br)ccc1C. The fourth-order valence-corrected chi connectivity index (χ4v) is 2.20. The molecule has 0 radical (unpaired) electrons. The summed E-state index contributed by atoms with van der Waals surface area (Å²) in [5, 5.41) is 2.72. The van der Waals surface area contributed by atoms with E-state index in [0.717, 1.165) is 5.56 Å². The van der Waals surface area contributed by atoms with E-state index in [1.54, 1.807) is 19.2 Å². The smallest absolute Gasteiger partial charge is 0.255 e. The van der Waals surface area contributed by atoms with E-state index >= 15 is 0 Å². The van der Waals surface area contributed by atoms with Crippen LogP contribution in [0.4, 0.5) is 10.1 Å². The summed E-state index contributed by atoms with van der Waals surface area (Å²) in [5.41, 5.74) is 1.94. The zero-order chi connectivity index (χ0) is 14.7. The van der Waals surface area contributed by atoms with E-state index in [0.29, 0.717) is 21.5 Å². The molecule has 1 N–H and O–H groups in total. The molecule has 0 unspecified atom stereocenters. The highest BCUT2D eigenvalue weighted by Gasteiger charge is 2.11. The zero-order valence-electron chi connectivity index (χ0n) is 11.0. The topological polar surface area (TPSA) is 38.3 Å². The quantitative estimate of drug-likeness (QED) is 0.913. The molecule has 0 atom stereocenters. The van der Waals surface area contributed by atoms with Crippen molar-refractivity contribution in [2.75, 3.05) is 12.4 Å². The number of aryl methyl sites for hydroxylation is 1. The molecular formula is C15H13BrFNO2. The molecule has 0 saturated heterocycles. The average Bonchev–Trinajstić information content (AvgIpc) is 2.42. The highest BCUT2D eigenvalue weighted by Crippen LogP contribution is 2.25. The third-order valence-corrected chi connectivity index (χ3v) is 3.51. The first-order chi connectivity index (χ1) is 9.51. The molecule has 0 spiro atoms. The van der Waals surface area contributed by atoms with E-state index in [1.165, 1.54) is 18.2 Å². The summed E-state index contributed by atoms with van der Waals surface area (Å²) in [6.45, 7) is 1.90. The number of carbonyl (C=O) groups is 1. The summed E-state index contributed by atoms with van der Waals surface area (Å²) >= 11 is 3.21. The summed E-state index contributed by atoms with van der Waals surface area (Å²) in [6.07, 6.45) is 0. The number of hydrogen-bond acceptors (Lipinski definition) is 2. The average molecular weight is 338 g/mol. The summed E-state index contributed by atoms with van der Waals surface area (Å²) < 4.78 is 18.7. The highest BCUT2D eigenvalue weighted by molar-refractivity contribution is 9.10. The van der Waals surface area contributed by atoms with Gasteiger partial charge in [-0.15, -0.1) is 0 Å². The van der Waals surface area contributed by atoms with Crippen LogP contribution in [0, 0.1) is 12.7 Å². The van der Waals surface area contributed by atoms with E-state index in [-0.39, 0.29) is 11.7 Å². The molecule has 0 aliphatic carbocycles. The van der Waals surface area contributed by atoms with Gasteiger partial charge in [-0.25, -0.2) is 4.39 Å². The highest BCUT2D eigenvalue weighted by atomic mass is 79.9. The molecule has 2 rings (SSSR count). The minimum absolute atomic E-state index is 0.282. The van der Waals surface area contributed by atoms with Gasteiger partial charge in [0.15, 0.2) is 0 Å². The Balaban J connectivity index is 2.24. The van der Waals surface area contributed by atoms with Gasteiger partial charge < -0.3 is 10.1 Å². The van der Waals surface area contributed by atoms with Crippen molar-refractivity contribution in [3.05, 3.63) is 57.8 Å². The van der Waals surface area contributed by atoms with Crippen molar-refractivity contribution in [2.24, 2.45) is 0 Å². The molecule has 0 fully saturated rings. The second kappa shape index (κ2) is 6.05. The minimum atomic E-state index is -0.369. The number of nitrogens with one attached hydrogen (secondary N) is 1. The van der Waals surface area contributed by atoms with Crippen molar-refractivity contribution in [2.45, 2.75) is 6.92 Å². The van der Waals surface area contributed by atoms with Crippen LogP contribution >= 0.6 is 15.9 Å². The van der Waals surface area contributed by atoms with Crippen LogP contribution in [0.5, 0.6) is 5.75 Å². The van der Waals surface area contributed by atoms with Crippen LogP contribution < -0.4 is 10.1 Å². The van der Waals surface area contributed by atoms with Crippen molar-refractivity contribution >= 4 is 27.5 Å². The number of methoxy groups -OCH3 is 1. The minimum Gasteiger partial charge on any atom is -0.496 e. The molecule has 0 aliphatic rings. The Morgan fingerprint density at radius 2 is 2.00 bits per heavy atom. The number of ether oxygens (including phenoxy) is 1. The maximum Gasteiger partial charge on any atom is 0.255 e. The molecule has 0 aliphatic heterocycles. The van der Waals surface area contributed by atoms with Crippen LogP contribution in [0.15, 0.2) is 40.9 Å². The predicted molar refractivity (Wildman–Crippen MR) is 79.8 cm³/mol. The van der Waals surface area contributed by atoms with E-state index < -0.39 is 0 Å². The van der Waals surface area contributed by atoms with Gasteiger partial charge in [-0.05, 0) is 58.7 Å². The van der Waals surface area contributed by atoms with Gasteiger partial charge in [0.1, 0.15) is 11.6 Å². The van der Waals surface area contributed by atoms with E-state index in [2.05, 4.69) is 21.2 Å². The first-order valence-corrected chi connectivity index (χ1v) is 6.71. The van der Waals surface area contributed by atoms with Gasteiger partial charge in [0, 0.05) is 10.0 Å². The molecule has 20 heavy (non-hydrogen) atoms. The fraction of sp³-hybridized carbons (Fsp3) is 0.133. The van der Waals surface area contributed by atoms with Crippen LogP contribution in [0.25, 0.3) is 0 Å². The Labute approximate surface area is 124 Å². The molecule has 2 aromatic carbocycles. The van der Waals surface area contributed by atoms with Crippen LogP contribution in [0.2, 0.25) is 0 Å². The van der Waals surface area contributed by atoms with Gasteiger partial charge in [0.25, 0.3) is 5.91 Å². The van der Waals surface area contributed by atoms with Crippen molar-refractivity contribution in [3.63, 3.8) is 0 Å². The van der Waals surface area contributed by atoms with E-state index in [9.17, 15) is 9.18 Å². The molecular weight excluding hydrogens is 325 g/mol. The first-order valence-electron chi connectivity index (χ1n) is 5.92. The van der Waals surface area contributed by atoms with Crippen molar-refractivity contribution < 1.29 is 13.9 Å². The van der Waals surface area contributed by atoms with Crippen LogP contribution in [-0.4, -0.2) is 13.0 Å². The van der Waals surface area contributed by atoms with Crippen molar-refractivity contribution in [1.29, 1.82) is 0 Å². The van der Waals surface area contributed by atoms with Gasteiger partial charge in [0.2, 0.25) is 0 Å². The largest absolute Gasteiger partial charge is 0.496 e. The van der Waals surface area contributed by atoms with Gasteiger partial charge in [0.05, 0.1) is 12.8 Å². The van der Waals surface area contributed by atoms with Gasteiger partial charge in [-0.1, -0.05) is 6.07 Å². The van der Waals surface area contributed by atoms with Crippen LogP contribution in [0.1, 0.15) is 15.9 Å². The maximum absolute atomic E-state index is 13.0. The molecule has 5 heteroatoms. The molecule has 0 aromatic heterocycles. The Hall–Kier alpha value is -1.88. The predicted octanol–water partition coefficient (Wildman–Crippen LogP) is 4.16. The Kier molecular flexibility index (Phi) is 4.39. The monoisotopic (exact) mass is 337 g/mol. The lowest BCUT2D eigenvalue weighted by molar-refractivity contribution is 0.102. The Morgan fingerprint density at radius 3 is 2.65 bits per heavy atom. The summed E-state index contributed by atoms with van der Waals surface area (Å²) in [4.78, 5) is 12.1. The van der Waals surface area contributed by atoms with Gasteiger partial charge >= 0.3 is 0 Å². The molecule has 3 nitrogen and oxygen atoms in total. The number of benzene rings is 2. The number of rotatable bonds is 3. The van der Waals surface area contributed by atoms with Crippen molar-refractivity contribution in [1.82, 2.24) is 0 Å². The Morgan fingerprint density at radius 1 is 1.25 bits per heavy atom. The number of amides is 1. The van der Waals surface area contributed by atoms with E-state index in [1.807, 2.05) is 13.0 Å². The molecule has 0 bridgehead atoms. The fourth-order valence-electron chi connectivity index (χ4n) is 1.75. The molecule has 2 aromatic rings. The summed E-state index contributed by atoms with van der Waals surface area (Å²) in [7, 11) is 1.56. The normalized spacial score (nSPS) is 10.2. The second-order valence-corrected chi connectivity index (χ2v) is 5.12. The standard InChI is InChI=1S/C15H13BrFNO2/c1-9-3-4-10(7-14(9)20-2)15(19)18-13-6-5-11(17)8-12(13)16/h3-8H,1-2H3,(H,18,19). The van der Waals surface area contributed by atoms with Gasteiger partial charge in [-0.3, -0.25) is 4.79 Å². The molecule has 0 heterocycles. The maximum atomic E-state index is 13.0. The lowest BCUT2D eigenvalue weighted by Crippen LogP contribution is -2.12. The number of hydrogen-bond donors (Lipinski definition) is 1. The lowest BCUT2D eigenvalue weighted by atomic mass is 10.1. The van der Waals surface area contributed by atoms with Gasteiger partial charge in [-0.2, -0.15) is 0 Å². The molecule has 104 valence electrons. The summed E-state index contributed by atoms with van der Waals surface area (Å²) in [5.74, 6) is -0.00157. The first kappa shape index (κ1) is 14.5. The second-order valence-electron chi connectivity index (χ2n) is 4.26. The number of halogens is 2. The molecule has 0 saturated carbocycles. The van der Waals surface area contributed by atoms with E-state index in [4.69, 9.17) is 4.74 Å². The molecule has 1 amide bonds. The third-order valence-electron chi connectivity index (χ3n) is 2.85. The zero-order valence-corrected chi connectivity index (χ0v) is 12.6. The van der Waals surface area contributed by atoms with Crippen LogP contribution in [0.3, 0.4) is 0 Å². The Bertz CT molecular complexity index is 658. The number of carbonyl (C=O) groups excluding carboxylic acids is 1. The third kappa shape index (κ3) is 3.17. The summed E-state index contributed by atoms with van der Waals surface area (Å²) in [6, 6.07) is 9.28. The number of anilines is 1. The van der Waals surface area contributed by atoms with Crippen molar-refractivity contribution in [3.8, 4) is 5.75 Å². The van der Waals surface area contributed by atoms with Crippen LogP contribution in [-0.2, 0) is 0 Å².